The fourth-order valence-corrected chi connectivity index (χ4v) is 2.05. The highest BCUT2D eigenvalue weighted by Crippen LogP contribution is 2.19. The van der Waals surface area contributed by atoms with Crippen LogP contribution in [0.3, 0.4) is 0 Å². The molecule has 6 heteroatoms. The lowest BCUT2D eigenvalue weighted by molar-refractivity contribution is 0.0663. The van der Waals surface area contributed by atoms with Gasteiger partial charge in [0.05, 0.1) is 17.2 Å². The van der Waals surface area contributed by atoms with Crippen LogP contribution in [0.15, 0.2) is 21.9 Å². The number of aromatic carboxylic acids is 1. The van der Waals surface area contributed by atoms with Crippen molar-refractivity contribution in [3.8, 4) is 0 Å². The number of aromatic nitrogens is 1. The molecular formula is C11H12N2O3S. The van der Waals surface area contributed by atoms with Gasteiger partial charge in [-0.1, -0.05) is 0 Å². The van der Waals surface area contributed by atoms with E-state index in [2.05, 4.69) is 4.98 Å². The largest absolute Gasteiger partial charge is 0.475 e. The van der Waals surface area contributed by atoms with E-state index in [1.165, 1.54) is 6.07 Å². The molecule has 0 aromatic carbocycles. The molecule has 90 valence electrons. The Morgan fingerprint density at radius 3 is 2.88 bits per heavy atom. The lowest BCUT2D eigenvalue weighted by atomic mass is 10.4. The minimum absolute atomic E-state index is 0.0543. The third kappa shape index (κ3) is 2.65. The van der Waals surface area contributed by atoms with E-state index < -0.39 is 5.97 Å². The third-order valence-electron chi connectivity index (χ3n) is 2.24. The molecule has 2 aromatic rings. The summed E-state index contributed by atoms with van der Waals surface area (Å²) in [5.41, 5.74) is 0.947. The van der Waals surface area contributed by atoms with Crippen molar-refractivity contribution in [2.75, 3.05) is 11.9 Å². The summed E-state index contributed by atoms with van der Waals surface area (Å²) in [5.74, 6) is -0.594. The molecule has 0 fully saturated rings. The number of carboxylic acid groups (broad SMARTS) is 1. The minimum Gasteiger partial charge on any atom is -0.475 e. The van der Waals surface area contributed by atoms with Crippen molar-refractivity contribution < 1.29 is 14.3 Å². The van der Waals surface area contributed by atoms with Gasteiger partial charge in [0, 0.05) is 18.5 Å². The third-order valence-corrected chi connectivity index (χ3v) is 3.07. The molecule has 2 aromatic heterocycles. The summed E-state index contributed by atoms with van der Waals surface area (Å²) in [6, 6.07) is 3.09. The number of nitrogens with zero attached hydrogens (tertiary/aromatic N) is 2. The number of carbonyl (C=O) groups is 1. The van der Waals surface area contributed by atoms with Crippen molar-refractivity contribution in [1.29, 1.82) is 0 Å². The summed E-state index contributed by atoms with van der Waals surface area (Å²) in [6.45, 7) is 2.54. The van der Waals surface area contributed by atoms with Crippen molar-refractivity contribution in [2.45, 2.75) is 13.5 Å². The zero-order valence-electron chi connectivity index (χ0n) is 9.51. The maximum Gasteiger partial charge on any atom is 0.371 e. The van der Waals surface area contributed by atoms with Gasteiger partial charge in [0.15, 0.2) is 5.88 Å². The van der Waals surface area contributed by atoms with Crippen molar-refractivity contribution in [3.63, 3.8) is 0 Å². The molecule has 0 spiro atoms. The topological polar surface area (TPSA) is 66.6 Å². The van der Waals surface area contributed by atoms with Crippen LogP contribution < -0.4 is 4.90 Å². The van der Waals surface area contributed by atoms with Crippen LogP contribution in [0.1, 0.15) is 21.3 Å². The van der Waals surface area contributed by atoms with E-state index in [0.717, 1.165) is 10.7 Å². The molecule has 0 amide bonds. The zero-order valence-corrected chi connectivity index (χ0v) is 10.3. The van der Waals surface area contributed by atoms with Crippen LogP contribution in [-0.2, 0) is 6.54 Å². The molecule has 0 aliphatic carbocycles. The van der Waals surface area contributed by atoms with Gasteiger partial charge in [-0.25, -0.2) is 9.78 Å². The second-order valence-electron chi connectivity index (χ2n) is 3.66. The van der Waals surface area contributed by atoms with Crippen molar-refractivity contribution in [3.05, 3.63) is 34.0 Å². The Kier molecular flexibility index (Phi) is 3.14. The van der Waals surface area contributed by atoms with Crippen LogP contribution in [0, 0.1) is 6.92 Å². The van der Waals surface area contributed by atoms with Crippen LogP contribution in [0.2, 0.25) is 0 Å². The van der Waals surface area contributed by atoms with Crippen LogP contribution >= 0.6 is 11.3 Å². The highest BCUT2D eigenvalue weighted by molar-refractivity contribution is 7.09. The van der Waals surface area contributed by atoms with Crippen LogP contribution in [0.25, 0.3) is 0 Å². The Morgan fingerprint density at radius 2 is 2.35 bits per heavy atom. The summed E-state index contributed by atoms with van der Waals surface area (Å²) < 4.78 is 5.19. The average Bonchev–Trinajstić information content (AvgIpc) is 2.86. The monoisotopic (exact) mass is 252 g/mol. The van der Waals surface area contributed by atoms with Gasteiger partial charge in [-0.2, -0.15) is 0 Å². The molecule has 1 N–H and O–H groups in total. The van der Waals surface area contributed by atoms with Crippen molar-refractivity contribution in [1.82, 2.24) is 4.98 Å². The van der Waals surface area contributed by atoms with Gasteiger partial charge in [0.25, 0.3) is 0 Å². The van der Waals surface area contributed by atoms with E-state index in [1.807, 2.05) is 24.3 Å². The molecule has 0 saturated carbocycles. The number of hydrogen-bond acceptors (Lipinski definition) is 5. The first kappa shape index (κ1) is 11.7. The Balaban J connectivity index is 2.08. The Morgan fingerprint density at radius 1 is 1.59 bits per heavy atom. The minimum atomic E-state index is -1.06. The molecule has 5 nitrogen and oxygen atoms in total. The number of anilines is 1. The van der Waals surface area contributed by atoms with Gasteiger partial charge >= 0.3 is 5.97 Å². The molecule has 0 radical (unpaired) electrons. The molecule has 0 saturated heterocycles. The Hall–Kier alpha value is -1.82. The molecule has 17 heavy (non-hydrogen) atoms. The Bertz CT molecular complexity index is 532. The smallest absolute Gasteiger partial charge is 0.371 e. The lowest BCUT2D eigenvalue weighted by Crippen LogP contribution is -2.15. The molecular weight excluding hydrogens is 240 g/mol. The first-order chi connectivity index (χ1) is 8.06. The van der Waals surface area contributed by atoms with E-state index in [9.17, 15) is 4.79 Å². The maximum absolute atomic E-state index is 10.7. The average molecular weight is 252 g/mol. The summed E-state index contributed by atoms with van der Waals surface area (Å²) in [7, 11) is 1.83. The number of furan rings is 1. The molecule has 0 unspecified atom stereocenters. The SMILES string of the molecule is Cc1nc(CN(C)c2ccc(C(=O)O)o2)cs1. The summed E-state index contributed by atoms with van der Waals surface area (Å²) >= 11 is 1.59. The molecule has 2 rings (SSSR count). The highest BCUT2D eigenvalue weighted by atomic mass is 32.1. The Labute approximate surface area is 102 Å². The summed E-state index contributed by atoms with van der Waals surface area (Å²) in [4.78, 5) is 16.8. The zero-order chi connectivity index (χ0) is 12.4. The first-order valence-electron chi connectivity index (χ1n) is 5.01. The van der Waals surface area contributed by atoms with Gasteiger partial charge in [0.2, 0.25) is 5.76 Å². The van der Waals surface area contributed by atoms with Crippen LogP contribution in [-0.4, -0.2) is 23.1 Å². The lowest BCUT2D eigenvalue weighted by Gasteiger charge is -2.13. The van der Waals surface area contributed by atoms with E-state index in [4.69, 9.17) is 9.52 Å². The number of rotatable bonds is 4. The quantitative estimate of drug-likeness (QED) is 0.904. The maximum atomic E-state index is 10.7. The van der Waals surface area contributed by atoms with Gasteiger partial charge in [-0.3, -0.25) is 0 Å². The highest BCUT2D eigenvalue weighted by Gasteiger charge is 2.12. The second-order valence-corrected chi connectivity index (χ2v) is 4.72. The van der Waals surface area contributed by atoms with Crippen LogP contribution in [0.4, 0.5) is 5.88 Å². The van der Waals surface area contributed by atoms with Crippen molar-refractivity contribution >= 4 is 23.2 Å². The summed E-state index contributed by atoms with van der Waals surface area (Å²) in [6.07, 6.45) is 0. The predicted molar refractivity (Wildman–Crippen MR) is 64.6 cm³/mol. The van der Waals surface area contributed by atoms with Gasteiger partial charge in [0.1, 0.15) is 0 Å². The molecule has 0 bridgehead atoms. The fourth-order valence-electron chi connectivity index (χ4n) is 1.45. The predicted octanol–water partition coefficient (Wildman–Crippen LogP) is 2.38. The normalized spacial score (nSPS) is 10.5. The summed E-state index contributed by atoms with van der Waals surface area (Å²) in [5, 5.41) is 11.7. The van der Waals surface area contributed by atoms with E-state index in [-0.39, 0.29) is 5.76 Å². The van der Waals surface area contributed by atoms with E-state index in [1.54, 1.807) is 17.4 Å². The number of carboxylic acids is 1. The molecule has 2 heterocycles. The van der Waals surface area contributed by atoms with Gasteiger partial charge in [-0.05, 0) is 13.0 Å². The molecule has 0 aliphatic heterocycles. The van der Waals surface area contributed by atoms with Gasteiger partial charge in [-0.15, -0.1) is 11.3 Å². The fraction of sp³-hybridized carbons (Fsp3) is 0.273. The van der Waals surface area contributed by atoms with Gasteiger partial charge < -0.3 is 14.4 Å². The second kappa shape index (κ2) is 4.58. The van der Waals surface area contributed by atoms with E-state index >= 15 is 0 Å². The van der Waals surface area contributed by atoms with Crippen molar-refractivity contribution in [2.24, 2.45) is 0 Å². The number of aryl methyl sites for hydroxylation is 1. The molecule has 0 atom stereocenters. The van der Waals surface area contributed by atoms with E-state index in [0.29, 0.717) is 12.4 Å². The van der Waals surface area contributed by atoms with Crippen LogP contribution in [0.5, 0.6) is 0 Å². The standard InChI is InChI=1S/C11H12N2O3S/c1-7-12-8(6-17-7)5-13(2)10-4-3-9(16-10)11(14)15/h3-4,6H,5H2,1-2H3,(H,14,15). The first-order valence-corrected chi connectivity index (χ1v) is 5.89. The molecule has 0 aliphatic rings. The number of hydrogen-bond donors (Lipinski definition) is 1. The number of thiazole rings is 1.